The van der Waals surface area contributed by atoms with Gasteiger partial charge in [-0.15, -0.1) is 0 Å². The molecule has 0 aliphatic rings. The number of nitrogens with one attached hydrogen (secondary N) is 1. The van der Waals surface area contributed by atoms with Crippen LogP contribution in [0.1, 0.15) is 20.7 Å². The quantitative estimate of drug-likeness (QED) is 0.757. The summed E-state index contributed by atoms with van der Waals surface area (Å²) in [5.41, 5.74) is -0.961. The van der Waals surface area contributed by atoms with Crippen LogP contribution in [0.15, 0.2) is 47.4 Å². The Hall–Kier alpha value is -3.07. The highest BCUT2D eigenvalue weighted by Crippen LogP contribution is 2.22. The number of hydrogen-bond acceptors (Lipinski definition) is 6. The van der Waals surface area contributed by atoms with E-state index in [4.69, 9.17) is 5.11 Å². The average Bonchev–Trinajstić information content (AvgIpc) is 2.46. The zero-order valence-corrected chi connectivity index (χ0v) is 12.2. The second kappa shape index (κ2) is 5.97. The van der Waals surface area contributed by atoms with Crippen molar-refractivity contribution in [2.45, 2.75) is 4.90 Å². The first-order valence-corrected chi connectivity index (χ1v) is 7.57. The summed E-state index contributed by atoms with van der Waals surface area (Å²) in [6, 6.07) is 7.41. The van der Waals surface area contributed by atoms with Crippen molar-refractivity contribution in [1.82, 2.24) is 0 Å². The Balaban J connectivity index is 2.40. The first kappa shape index (κ1) is 16.3. The standard InChI is InChI=1S/C14H11NO7S/c16-12-5-4-10(7-11(12)14(19)20)23(21,22)15-9-3-1-2-8(6-9)13(17)18/h1-7,15-16H,(H,17,18)(H,19,20)/p-2. The molecule has 0 saturated carbocycles. The molecule has 9 heteroatoms. The van der Waals surface area contributed by atoms with Crippen LogP contribution >= 0.6 is 0 Å². The number of sulfonamides is 1. The summed E-state index contributed by atoms with van der Waals surface area (Å²) in [4.78, 5) is 21.2. The van der Waals surface area contributed by atoms with Crippen LogP contribution < -0.4 is 14.9 Å². The van der Waals surface area contributed by atoms with Crippen LogP contribution in [-0.4, -0.2) is 25.5 Å². The molecular formula is C14H9NO7S-2. The Morgan fingerprint density at radius 1 is 1.09 bits per heavy atom. The number of carbonyl (C=O) groups excluding carboxylic acids is 1. The van der Waals surface area contributed by atoms with Crippen LogP contribution in [0.3, 0.4) is 0 Å². The van der Waals surface area contributed by atoms with Gasteiger partial charge in [0.1, 0.15) is 0 Å². The summed E-state index contributed by atoms with van der Waals surface area (Å²) in [6.07, 6.45) is 0. The van der Waals surface area contributed by atoms with Crippen molar-refractivity contribution in [3.63, 3.8) is 0 Å². The molecule has 0 unspecified atom stereocenters. The first-order valence-electron chi connectivity index (χ1n) is 6.09. The highest BCUT2D eigenvalue weighted by molar-refractivity contribution is 7.92. The maximum absolute atomic E-state index is 12.2. The van der Waals surface area contributed by atoms with E-state index in [0.717, 1.165) is 24.3 Å². The Kier molecular flexibility index (Phi) is 4.23. The van der Waals surface area contributed by atoms with Gasteiger partial charge in [0.15, 0.2) is 0 Å². The predicted octanol–water partition coefficient (Wildman–Crippen LogP) is -0.377. The van der Waals surface area contributed by atoms with E-state index < -0.39 is 38.2 Å². The summed E-state index contributed by atoms with van der Waals surface area (Å²) >= 11 is 0. The third kappa shape index (κ3) is 3.58. The number of benzene rings is 2. The monoisotopic (exact) mass is 335 g/mol. The third-order valence-corrected chi connectivity index (χ3v) is 4.22. The Morgan fingerprint density at radius 2 is 1.78 bits per heavy atom. The van der Waals surface area contributed by atoms with Gasteiger partial charge in [0.25, 0.3) is 10.0 Å². The van der Waals surface area contributed by atoms with Crippen LogP contribution in [0.25, 0.3) is 0 Å². The van der Waals surface area contributed by atoms with Gasteiger partial charge in [0.2, 0.25) is 0 Å². The summed E-state index contributed by atoms with van der Waals surface area (Å²) < 4.78 is 26.5. The number of anilines is 1. The Labute approximate surface area is 130 Å². The average molecular weight is 335 g/mol. The molecule has 8 nitrogen and oxygen atoms in total. The molecule has 2 aromatic rings. The molecule has 0 aliphatic carbocycles. The van der Waals surface area contributed by atoms with Crippen LogP contribution in [0, 0.1) is 0 Å². The normalized spacial score (nSPS) is 11.0. The molecule has 23 heavy (non-hydrogen) atoms. The minimum absolute atomic E-state index is 0.0465. The minimum atomic E-state index is -4.19. The Bertz CT molecular complexity index is 890. The highest BCUT2D eigenvalue weighted by Gasteiger charge is 2.17. The molecule has 0 radical (unpaired) electrons. The van der Waals surface area contributed by atoms with Gasteiger partial charge in [-0.05, 0) is 29.8 Å². The number of carboxylic acids is 2. The van der Waals surface area contributed by atoms with Crippen molar-refractivity contribution in [3.8, 4) is 5.75 Å². The topological polar surface area (TPSA) is 147 Å². The molecule has 120 valence electrons. The zero-order chi connectivity index (χ0) is 17.2. The van der Waals surface area contributed by atoms with E-state index in [2.05, 4.69) is 4.72 Å². The van der Waals surface area contributed by atoms with Gasteiger partial charge < -0.3 is 20.1 Å². The van der Waals surface area contributed by atoms with Crippen molar-refractivity contribution < 1.29 is 33.3 Å². The third-order valence-electron chi connectivity index (χ3n) is 2.84. The fourth-order valence-corrected chi connectivity index (χ4v) is 2.84. The number of carbonyl (C=O) groups is 2. The zero-order valence-electron chi connectivity index (χ0n) is 11.3. The second-order valence-electron chi connectivity index (χ2n) is 4.44. The van der Waals surface area contributed by atoms with E-state index in [1.807, 2.05) is 0 Å². The maximum Gasteiger partial charge on any atom is 0.335 e. The molecule has 0 aliphatic heterocycles. The van der Waals surface area contributed by atoms with E-state index in [9.17, 15) is 28.2 Å². The largest absolute Gasteiger partial charge is 0.872 e. The number of rotatable bonds is 5. The summed E-state index contributed by atoms with van der Waals surface area (Å²) in [5, 5.41) is 31.0. The highest BCUT2D eigenvalue weighted by atomic mass is 32.2. The fraction of sp³-hybridized carbons (Fsp3) is 0. The van der Waals surface area contributed by atoms with Crippen LogP contribution in [0.2, 0.25) is 0 Å². The molecule has 0 atom stereocenters. The number of carboxylic acid groups (broad SMARTS) is 2. The molecule has 2 aromatic carbocycles. The van der Waals surface area contributed by atoms with Gasteiger partial charge in [-0.25, -0.2) is 13.2 Å². The molecule has 0 spiro atoms. The first-order chi connectivity index (χ1) is 10.7. The number of hydrogen-bond donors (Lipinski definition) is 2. The molecule has 2 rings (SSSR count). The molecule has 0 aromatic heterocycles. The molecule has 0 saturated heterocycles. The lowest BCUT2D eigenvalue weighted by atomic mass is 10.2. The van der Waals surface area contributed by atoms with Gasteiger partial charge in [-0.1, -0.05) is 23.9 Å². The van der Waals surface area contributed by atoms with Crippen LogP contribution in [0.5, 0.6) is 5.75 Å². The Morgan fingerprint density at radius 3 is 2.39 bits per heavy atom. The van der Waals surface area contributed by atoms with E-state index >= 15 is 0 Å². The minimum Gasteiger partial charge on any atom is -0.872 e. The SMILES string of the molecule is O=C([O-])c1cccc(NS(=O)(=O)c2ccc([O-])c(C(=O)O)c2)c1. The predicted molar refractivity (Wildman–Crippen MR) is 74.4 cm³/mol. The molecule has 0 fully saturated rings. The van der Waals surface area contributed by atoms with Gasteiger partial charge >= 0.3 is 5.97 Å². The van der Waals surface area contributed by atoms with E-state index in [0.29, 0.717) is 0 Å². The van der Waals surface area contributed by atoms with E-state index in [1.165, 1.54) is 18.2 Å². The van der Waals surface area contributed by atoms with Crippen molar-refractivity contribution in [1.29, 1.82) is 0 Å². The lowest BCUT2D eigenvalue weighted by Gasteiger charge is -2.13. The summed E-state index contributed by atoms with van der Waals surface area (Å²) in [5.74, 6) is -3.85. The van der Waals surface area contributed by atoms with Crippen molar-refractivity contribution in [3.05, 3.63) is 53.6 Å². The van der Waals surface area contributed by atoms with E-state index in [1.54, 1.807) is 0 Å². The molecule has 0 heterocycles. The van der Waals surface area contributed by atoms with Gasteiger partial charge in [0, 0.05) is 5.69 Å². The summed E-state index contributed by atoms with van der Waals surface area (Å²) in [7, 11) is -4.19. The van der Waals surface area contributed by atoms with Crippen LogP contribution in [0.4, 0.5) is 5.69 Å². The smallest absolute Gasteiger partial charge is 0.335 e. The number of aromatic carboxylic acids is 2. The second-order valence-corrected chi connectivity index (χ2v) is 6.12. The van der Waals surface area contributed by atoms with Crippen molar-refractivity contribution >= 4 is 27.6 Å². The van der Waals surface area contributed by atoms with Gasteiger partial charge in [0.05, 0.1) is 16.4 Å². The van der Waals surface area contributed by atoms with Crippen molar-refractivity contribution in [2.24, 2.45) is 0 Å². The fourth-order valence-electron chi connectivity index (χ4n) is 1.77. The van der Waals surface area contributed by atoms with Crippen LogP contribution in [-0.2, 0) is 10.0 Å². The van der Waals surface area contributed by atoms with E-state index in [-0.39, 0.29) is 11.3 Å². The molecular weight excluding hydrogens is 326 g/mol. The molecule has 2 N–H and O–H groups in total. The molecule has 0 bridgehead atoms. The maximum atomic E-state index is 12.2. The van der Waals surface area contributed by atoms with Crippen molar-refractivity contribution in [2.75, 3.05) is 4.72 Å². The van der Waals surface area contributed by atoms with Gasteiger partial charge in [-0.2, -0.15) is 0 Å². The van der Waals surface area contributed by atoms with Gasteiger partial charge in [-0.3, -0.25) is 4.72 Å². The lowest BCUT2D eigenvalue weighted by molar-refractivity contribution is -0.268. The molecule has 0 amide bonds. The lowest BCUT2D eigenvalue weighted by Crippen LogP contribution is -2.22. The summed E-state index contributed by atoms with van der Waals surface area (Å²) in [6.45, 7) is 0.